The van der Waals surface area contributed by atoms with E-state index in [-0.39, 0.29) is 10.8 Å². The highest BCUT2D eigenvalue weighted by Crippen LogP contribution is 2.43. The second-order valence-electron chi connectivity index (χ2n) is 6.21. The van der Waals surface area contributed by atoms with Gasteiger partial charge >= 0.3 is 5.97 Å². The molecular weight excluding hydrogens is 326 g/mol. The first-order chi connectivity index (χ1) is 11.3. The average molecular weight is 345 g/mol. The first-order valence-corrected chi connectivity index (χ1v) is 9.25. The maximum absolute atomic E-state index is 12.9. The van der Waals surface area contributed by atoms with Crippen molar-refractivity contribution in [3.8, 4) is 0 Å². The summed E-state index contributed by atoms with van der Waals surface area (Å²) in [6.45, 7) is 1.36. The van der Waals surface area contributed by atoms with Crippen LogP contribution >= 0.6 is 0 Å². The van der Waals surface area contributed by atoms with E-state index < -0.39 is 21.5 Å². The zero-order valence-corrected chi connectivity index (χ0v) is 14.1. The van der Waals surface area contributed by atoms with Crippen LogP contribution in [0.5, 0.6) is 0 Å². The van der Waals surface area contributed by atoms with E-state index in [1.165, 1.54) is 13.0 Å². The van der Waals surface area contributed by atoms with Crippen LogP contribution < -0.4 is 4.72 Å². The molecular formula is C18H19NO4S. The van der Waals surface area contributed by atoms with Gasteiger partial charge in [-0.15, -0.1) is 0 Å². The van der Waals surface area contributed by atoms with E-state index in [9.17, 15) is 18.3 Å². The molecule has 6 heteroatoms. The number of hydrogen-bond donors (Lipinski definition) is 2. The van der Waals surface area contributed by atoms with Gasteiger partial charge in [0.2, 0.25) is 10.0 Å². The van der Waals surface area contributed by atoms with Crippen molar-refractivity contribution in [3.05, 3.63) is 65.7 Å². The highest BCUT2D eigenvalue weighted by Gasteiger charge is 2.41. The standard InChI is InChI=1S/C18H19NO4S/c1-18(17(20)21,14-7-3-2-4-8-14)19-24(22,23)16-10-6-5-9-15(16)13-11-12-13/h2-10,13,19H,11-12H2,1H3,(H,20,21). The van der Waals surface area contributed by atoms with Gasteiger partial charge in [-0.2, -0.15) is 4.72 Å². The second kappa shape index (κ2) is 6.03. The summed E-state index contributed by atoms with van der Waals surface area (Å²) in [5, 5.41) is 9.66. The summed E-state index contributed by atoms with van der Waals surface area (Å²) in [7, 11) is -3.98. The minimum absolute atomic E-state index is 0.163. The largest absolute Gasteiger partial charge is 0.480 e. The van der Waals surface area contributed by atoms with Crippen LogP contribution in [0.2, 0.25) is 0 Å². The summed E-state index contributed by atoms with van der Waals surface area (Å²) in [4.78, 5) is 12.0. The summed E-state index contributed by atoms with van der Waals surface area (Å²) < 4.78 is 28.2. The number of aliphatic carboxylic acids is 1. The summed E-state index contributed by atoms with van der Waals surface area (Å²) in [6.07, 6.45) is 1.92. The molecule has 0 radical (unpaired) electrons. The van der Waals surface area contributed by atoms with Gasteiger partial charge in [0.25, 0.3) is 0 Å². The predicted octanol–water partition coefficient (Wildman–Crippen LogP) is 2.84. The number of carbonyl (C=O) groups is 1. The highest BCUT2D eigenvalue weighted by molar-refractivity contribution is 7.89. The fraction of sp³-hybridized carbons (Fsp3) is 0.278. The number of rotatable bonds is 6. The molecule has 1 saturated carbocycles. The molecule has 2 aromatic rings. The molecule has 2 N–H and O–H groups in total. The lowest BCUT2D eigenvalue weighted by Gasteiger charge is -2.27. The lowest BCUT2D eigenvalue weighted by atomic mass is 9.94. The lowest BCUT2D eigenvalue weighted by Crippen LogP contribution is -2.49. The number of carboxylic acids is 1. The third kappa shape index (κ3) is 3.07. The van der Waals surface area contributed by atoms with Crippen LogP contribution in [0.4, 0.5) is 0 Å². The molecule has 126 valence electrons. The normalized spacial score (nSPS) is 17.2. The summed E-state index contributed by atoms with van der Waals surface area (Å²) >= 11 is 0. The number of carboxylic acid groups (broad SMARTS) is 1. The van der Waals surface area contributed by atoms with Crippen molar-refractivity contribution in [2.24, 2.45) is 0 Å². The molecule has 1 atom stereocenters. The van der Waals surface area contributed by atoms with Crippen LogP contribution in [0.15, 0.2) is 59.5 Å². The van der Waals surface area contributed by atoms with Crippen molar-refractivity contribution in [2.45, 2.75) is 36.1 Å². The SMILES string of the molecule is CC(NS(=O)(=O)c1ccccc1C1CC1)(C(=O)O)c1ccccc1. The Balaban J connectivity index is 2.03. The van der Waals surface area contributed by atoms with E-state index in [0.29, 0.717) is 5.56 Å². The van der Waals surface area contributed by atoms with Crippen LogP contribution in [-0.2, 0) is 20.4 Å². The Morgan fingerprint density at radius 1 is 1.08 bits per heavy atom. The maximum Gasteiger partial charge on any atom is 0.329 e. The molecule has 0 aliphatic heterocycles. The van der Waals surface area contributed by atoms with Gasteiger partial charge < -0.3 is 5.11 Å². The Hall–Kier alpha value is -2.18. The van der Waals surface area contributed by atoms with Gasteiger partial charge in [0.15, 0.2) is 5.54 Å². The molecule has 5 nitrogen and oxygen atoms in total. The molecule has 3 rings (SSSR count). The predicted molar refractivity (Wildman–Crippen MR) is 90.2 cm³/mol. The van der Waals surface area contributed by atoms with E-state index in [0.717, 1.165) is 18.4 Å². The number of hydrogen-bond acceptors (Lipinski definition) is 3. The Bertz CT molecular complexity index is 860. The molecule has 0 heterocycles. The van der Waals surface area contributed by atoms with Gasteiger partial charge in [-0.3, -0.25) is 0 Å². The van der Waals surface area contributed by atoms with E-state index in [1.54, 1.807) is 48.5 Å². The summed E-state index contributed by atoms with van der Waals surface area (Å²) in [5.41, 5.74) is -0.604. The topological polar surface area (TPSA) is 83.5 Å². The van der Waals surface area contributed by atoms with Crippen molar-refractivity contribution in [1.82, 2.24) is 4.72 Å². The second-order valence-corrected chi connectivity index (χ2v) is 7.86. The molecule has 1 aliphatic rings. The lowest BCUT2D eigenvalue weighted by molar-refractivity contribution is -0.143. The van der Waals surface area contributed by atoms with Crippen molar-refractivity contribution in [1.29, 1.82) is 0 Å². The minimum atomic E-state index is -3.98. The fourth-order valence-electron chi connectivity index (χ4n) is 2.78. The zero-order valence-electron chi connectivity index (χ0n) is 13.3. The number of benzene rings is 2. The Labute approximate surface area is 141 Å². The molecule has 0 aromatic heterocycles. The molecule has 0 saturated heterocycles. The van der Waals surface area contributed by atoms with Crippen LogP contribution in [0.1, 0.15) is 36.8 Å². The van der Waals surface area contributed by atoms with Crippen molar-refractivity contribution in [2.75, 3.05) is 0 Å². The maximum atomic E-state index is 12.9. The first kappa shape index (κ1) is 16.7. The van der Waals surface area contributed by atoms with Crippen LogP contribution in [-0.4, -0.2) is 19.5 Å². The molecule has 24 heavy (non-hydrogen) atoms. The first-order valence-electron chi connectivity index (χ1n) is 7.76. The fourth-order valence-corrected chi connectivity index (χ4v) is 4.43. The van der Waals surface area contributed by atoms with E-state index in [1.807, 2.05) is 0 Å². The third-order valence-electron chi connectivity index (χ3n) is 4.34. The van der Waals surface area contributed by atoms with Crippen LogP contribution in [0.3, 0.4) is 0 Å². The van der Waals surface area contributed by atoms with E-state index in [2.05, 4.69) is 4.72 Å². The Morgan fingerprint density at radius 3 is 2.25 bits per heavy atom. The molecule has 0 bridgehead atoms. The molecule has 1 fully saturated rings. The molecule has 1 aliphatic carbocycles. The Kier molecular flexibility index (Phi) is 4.19. The third-order valence-corrected chi connectivity index (χ3v) is 5.97. The number of sulfonamides is 1. The summed E-state index contributed by atoms with van der Waals surface area (Å²) in [5.74, 6) is -1.01. The van der Waals surface area contributed by atoms with E-state index >= 15 is 0 Å². The smallest absolute Gasteiger partial charge is 0.329 e. The van der Waals surface area contributed by atoms with Crippen LogP contribution in [0, 0.1) is 0 Å². The summed E-state index contributed by atoms with van der Waals surface area (Å²) in [6, 6.07) is 15.1. The Morgan fingerprint density at radius 2 is 1.67 bits per heavy atom. The highest BCUT2D eigenvalue weighted by atomic mass is 32.2. The zero-order chi connectivity index (χ0) is 17.4. The monoisotopic (exact) mass is 345 g/mol. The van der Waals surface area contributed by atoms with Gasteiger partial charge in [0.1, 0.15) is 0 Å². The van der Waals surface area contributed by atoms with Crippen LogP contribution in [0.25, 0.3) is 0 Å². The van der Waals surface area contributed by atoms with Gasteiger partial charge in [0.05, 0.1) is 4.90 Å². The van der Waals surface area contributed by atoms with E-state index in [4.69, 9.17) is 0 Å². The molecule has 1 unspecified atom stereocenters. The van der Waals surface area contributed by atoms with Gasteiger partial charge in [0, 0.05) is 0 Å². The number of nitrogens with one attached hydrogen (secondary N) is 1. The molecule has 0 amide bonds. The van der Waals surface area contributed by atoms with Gasteiger partial charge in [-0.25, -0.2) is 13.2 Å². The molecule has 0 spiro atoms. The van der Waals surface area contributed by atoms with Crippen molar-refractivity contribution >= 4 is 16.0 Å². The molecule has 2 aromatic carbocycles. The van der Waals surface area contributed by atoms with Crippen molar-refractivity contribution < 1.29 is 18.3 Å². The quantitative estimate of drug-likeness (QED) is 0.843. The van der Waals surface area contributed by atoms with Gasteiger partial charge in [-0.1, -0.05) is 48.5 Å². The average Bonchev–Trinajstić information content (AvgIpc) is 3.40. The van der Waals surface area contributed by atoms with Gasteiger partial charge in [-0.05, 0) is 42.9 Å². The van der Waals surface area contributed by atoms with Crippen molar-refractivity contribution in [3.63, 3.8) is 0 Å². The minimum Gasteiger partial charge on any atom is -0.480 e.